The number of nitrogens with one attached hydrogen (secondary N) is 1. The highest BCUT2D eigenvalue weighted by Crippen LogP contribution is 2.32. The van der Waals surface area contributed by atoms with Crippen LogP contribution in [0.3, 0.4) is 0 Å². The largest absolute Gasteiger partial charge is 0.434 e. The summed E-state index contributed by atoms with van der Waals surface area (Å²) in [5.74, 6) is -0.0223. The summed E-state index contributed by atoms with van der Waals surface area (Å²) in [4.78, 5) is 13.1. The van der Waals surface area contributed by atoms with E-state index in [1.54, 1.807) is 24.1 Å². The van der Waals surface area contributed by atoms with Gasteiger partial charge in [-0.25, -0.2) is 0 Å². The SMILES string of the molecule is Cc1cc(OC(F)F)c(C2NC(=O)CN2C)cc1C. The third-order valence-corrected chi connectivity index (χ3v) is 3.27. The number of rotatable bonds is 3. The standard InChI is InChI=1S/C13H16F2N2O2/c1-7-4-9(12-16-11(18)6-17(12)3)10(5-8(7)2)19-13(14)15/h4-5,12-13H,6H2,1-3H3,(H,16,18). The Hall–Kier alpha value is -1.69. The van der Waals surface area contributed by atoms with E-state index in [1.165, 1.54) is 0 Å². The number of halogens is 2. The minimum atomic E-state index is -2.89. The number of hydrogen-bond donors (Lipinski definition) is 1. The summed E-state index contributed by atoms with van der Waals surface area (Å²) in [6.07, 6.45) is -0.430. The molecule has 1 unspecified atom stereocenters. The first-order chi connectivity index (χ1) is 8.88. The molecule has 19 heavy (non-hydrogen) atoms. The van der Waals surface area contributed by atoms with E-state index in [9.17, 15) is 13.6 Å². The zero-order valence-electron chi connectivity index (χ0n) is 11.0. The summed E-state index contributed by atoms with van der Waals surface area (Å²) in [5.41, 5.74) is 2.38. The van der Waals surface area contributed by atoms with Gasteiger partial charge in [0.1, 0.15) is 11.9 Å². The van der Waals surface area contributed by atoms with Crippen LogP contribution in [0.25, 0.3) is 0 Å². The third kappa shape index (κ3) is 2.84. The average molecular weight is 270 g/mol. The number of hydrogen-bond acceptors (Lipinski definition) is 3. The molecule has 104 valence electrons. The third-order valence-electron chi connectivity index (χ3n) is 3.27. The van der Waals surface area contributed by atoms with Crippen molar-refractivity contribution in [2.24, 2.45) is 0 Å². The number of amides is 1. The number of ether oxygens (including phenoxy) is 1. The first-order valence-electron chi connectivity index (χ1n) is 5.94. The Morgan fingerprint density at radius 1 is 1.37 bits per heavy atom. The summed E-state index contributed by atoms with van der Waals surface area (Å²) in [7, 11) is 1.75. The number of carbonyl (C=O) groups is 1. The number of aryl methyl sites for hydroxylation is 2. The van der Waals surface area contributed by atoms with Gasteiger partial charge in [0.05, 0.1) is 6.54 Å². The van der Waals surface area contributed by atoms with Crippen LogP contribution in [0.1, 0.15) is 22.9 Å². The summed E-state index contributed by atoms with van der Waals surface area (Å²) < 4.78 is 29.5. The second kappa shape index (κ2) is 5.13. The molecule has 1 aromatic carbocycles. The first-order valence-corrected chi connectivity index (χ1v) is 5.94. The molecule has 2 rings (SSSR count). The zero-order chi connectivity index (χ0) is 14.2. The Morgan fingerprint density at radius 2 is 2.00 bits per heavy atom. The number of carbonyl (C=O) groups excluding carboxylic acids is 1. The van der Waals surface area contributed by atoms with Gasteiger partial charge >= 0.3 is 6.61 Å². The highest BCUT2D eigenvalue weighted by molar-refractivity contribution is 5.80. The van der Waals surface area contributed by atoms with Gasteiger partial charge in [-0.3, -0.25) is 9.69 Å². The fraction of sp³-hybridized carbons (Fsp3) is 0.462. The number of alkyl halides is 2. The number of benzene rings is 1. The van der Waals surface area contributed by atoms with Gasteiger partial charge in [0, 0.05) is 5.56 Å². The van der Waals surface area contributed by atoms with Crippen LogP contribution in [0, 0.1) is 13.8 Å². The molecular weight excluding hydrogens is 254 g/mol. The molecule has 1 amide bonds. The predicted molar refractivity (Wildman–Crippen MR) is 66.1 cm³/mol. The van der Waals surface area contributed by atoms with Crippen molar-refractivity contribution in [3.8, 4) is 5.75 Å². The van der Waals surface area contributed by atoms with Gasteiger partial charge in [-0.05, 0) is 44.2 Å². The van der Waals surface area contributed by atoms with E-state index in [4.69, 9.17) is 0 Å². The lowest BCUT2D eigenvalue weighted by Gasteiger charge is -2.22. The molecule has 0 radical (unpaired) electrons. The van der Waals surface area contributed by atoms with Crippen LogP contribution >= 0.6 is 0 Å². The van der Waals surface area contributed by atoms with Crippen LogP contribution in [0.5, 0.6) is 5.75 Å². The molecule has 1 atom stereocenters. The average Bonchev–Trinajstić information content (AvgIpc) is 2.62. The molecule has 1 aliphatic heterocycles. The van der Waals surface area contributed by atoms with Crippen LogP contribution < -0.4 is 10.1 Å². The van der Waals surface area contributed by atoms with E-state index in [1.807, 2.05) is 13.8 Å². The number of likely N-dealkylation sites (N-methyl/N-ethyl adjacent to an activating group) is 1. The van der Waals surface area contributed by atoms with Crippen LogP contribution in [0.2, 0.25) is 0 Å². The van der Waals surface area contributed by atoms with E-state index >= 15 is 0 Å². The van der Waals surface area contributed by atoms with Crippen LogP contribution in [0.4, 0.5) is 8.78 Å². The van der Waals surface area contributed by atoms with E-state index in [-0.39, 0.29) is 18.2 Å². The van der Waals surface area contributed by atoms with Crippen molar-refractivity contribution in [1.82, 2.24) is 10.2 Å². The normalized spacial score (nSPS) is 19.9. The van der Waals surface area contributed by atoms with E-state index in [2.05, 4.69) is 10.1 Å². The van der Waals surface area contributed by atoms with Crippen molar-refractivity contribution in [2.75, 3.05) is 13.6 Å². The molecule has 1 saturated heterocycles. The minimum Gasteiger partial charge on any atom is -0.434 e. The molecule has 4 nitrogen and oxygen atoms in total. The van der Waals surface area contributed by atoms with E-state index < -0.39 is 12.8 Å². The van der Waals surface area contributed by atoms with Crippen molar-refractivity contribution in [1.29, 1.82) is 0 Å². The maximum absolute atomic E-state index is 12.5. The van der Waals surface area contributed by atoms with Gasteiger partial charge in [0.25, 0.3) is 0 Å². The zero-order valence-corrected chi connectivity index (χ0v) is 11.0. The molecule has 1 aliphatic rings. The quantitative estimate of drug-likeness (QED) is 0.913. The van der Waals surface area contributed by atoms with Crippen molar-refractivity contribution < 1.29 is 18.3 Å². The second-order valence-electron chi connectivity index (χ2n) is 4.74. The Bertz CT molecular complexity index is 506. The molecule has 0 spiro atoms. The summed E-state index contributed by atoms with van der Waals surface area (Å²) in [6.45, 7) is 1.07. The van der Waals surface area contributed by atoms with E-state index in [0.29, 0.717) is 5.56 Å². The smallest absolute Gasteiger partial charge is 0.387 e. The highest BCUT2D eigenvalue weighted by atomic mass is 19.3. The van der Waals surface area contributed by atoms with Gasteiger partial charge in [0.2, 0.25) is 5.91 Å². The molecule has 0 bridgehead atoms. The Morgan fingerprint density at radius 3 is 2.53 bits per heavy atom. The lowest BCUT2D eigenvalue weighted by atomic mass is 10.0. The fourth-order valence-corrected chi connectivity index (χ4v) is 2.17. The van der Waals surface area contributed by atoms with Gasteiger partial charge in [-0.1, -0.05) is 0 Å². The molecule has 1 N–H and O–H groups in total. The van der Waals surface area contributed by atoms with Gasteiger partial charge < -0.3 is 10.1 Å². The fourth-order valence-electron chi connectivity index (χ4n) is 2.17. The monoisotopic (exact) mass is 270 g/mol. The minimum absolute atomic E-state index is 0.108. The second-order valence-corrected chi connectivity index (χ2v) is 4.74. The van der Waals surface area contributed by atoms with Crippen molar-refractivity contribution in [2.45, 2.75) is 26.6 Å². The maximum Gasteiger partial charge on any atom is 0.387 e. The Balaban J connectivity index is 2.42. The van der Waals surface area contributed by atoms with E-state index in [0.717, 1.165) is 11.1 Å². The Labute approximate surface area is 110 Å². The van der Waals surface area contributed by atoms with Crippen LogP contribution in [-0.4, -0.2) is 31.0 Å². The highest BCUT2D eigenvalue weighted by Gasteiger charge is 2.30. The molecule has 0 aromatic heterocycles. The van der Waals surface area contributed by atoms with Gasteiger partial charge in [-0.2, -0.15) is 8.78 Å². The molecule has 6 heteroatoms. The topological polar surface area (TPSA) is 41.6 Å². The molecule has 0 saturated carbocycles. The number of nitrogens with zero attached hydrogens (tertiary/aromatic N) is 1. The Kier molecular flexibility index (Phi) is 3.71. The molecule has 1 heterocycles. The summed E-state index contributed by atoms with van der Waals surface area (Å²) in [6, 6.07) is 3.36. The van der Waals surface area contributed by atoms with Gasteiger partial charge in [0.15, 0.2) is 0 Å². The molecular formula is C13H16F2N2O2. The first kappa shape index (κ1) is 13.7. The lowest BCUT2D eigenvalue weighted by molar-refractivity contribution is -0.118. The van der Waals surface area contributed by atoms with Crippen LogP contribution in [0.15, 0.2) is 12.1 Å². The molecule has 1 fully saturated rings. The van der Waals surface area contributed by atoms with Crippen molar-refractivity contribution in [3.05, 3.63) is 28.8 Å². The van der Waals surface area contributed by atoms with Crippen molar-refractivity contribution in [3.63, 3.8) is 0 Å². The maximum atomic E-state index is 12.5. The summed E-state index contributed by atoms with van der Waals surface area (Å²) >= 11 is 0. The van der Waals surface area contributed by atoms with Gasteiger partial charge in [-0.15, -0.1) is 0 Å². The lowest BCUT2D eigenvalue weighted by Crippen LogP contribution is -2.25. The molecule has 1 aromatic rings. The van der Waals surface area contributed by atoms with Crippen LogP contribution in [-0.2, 0) is 4.79 Å². The predicted octanol–water partition coefficient (Wildman–Crippen LogP) is 1.97. The summed E-state index contributed by atoms with van der Waals surface area (Å²) in [5, 5.41) is 2.74. The van der Waals surface area contributed by atoms with Crippen molar-refractivity contribution >= 4 is 5.91 Å². The molecule has 0 aliphatic carbocycles.